The van der Waals surface area contributed by atoms with E-state index in [9.17, 15) is 0 Å². The Morgan fingerprint density at radius 2 is 1.05 bits per heavy atom. The molecule has 0 N–H and O–H groups in total. The van der Waals surface area contributed by atoms with Gasteiger partial charge in [0.2, 0.25) is 0 Å². The Morgan fingerprint density at radius 1 is 0.632 bits per heavy atom. The molecule has 1 nitrogen and oxygen atoms in total. The Labute approximate surface area is 125 Å². The second kappa shape index (κ2) is 8.56. The van der Waals surface area contributed by atoms with E-state index in [4.69, 9.17) is 4.18 Å². The molecule has 0 atom stereocenters. The Hall–Kier alpha value is 0.310. The zero-order chi connectivity index (χ0) is 14.2. The lowest BCUT2D eigenvalue weighted by molar-refractivity contribution is 0.122. The first-order valence-electron chi connectivity index (χ1n) is 8.28. The van der Waals surface area contributed by atoms with Gasteiger partial charge in [0.1, 0.15) is 0 Å². The number of hydrogen-bond acceptors (Lipinski definition) is 2. The monoisotopic (exact) mass is 286 g/mol. The lowest BCUT2D eigenvalue weighted by Crippen LogP contribution is -2.25. The van der Waals surface area contributed by atoms with Gasteiger partial charge in [-0.15, -0.1) is 0 Å². The Morgan fingerprint density at radius 3 is 1.58 bits per heavy atom. The first-order valence-corrected chi connectivity index (χ1v) is 9.02. The van der Waals surface area contributed by atoms with Crippen molar-refractivity contribution in [3.63, 3.8) is 0 Å². The highest BCUT2D eigenvalue weighted by Gasteiger charge is 2.25. The molecule has 1 saturated heterocycles. The molecular formula is C17H34OS. The topological polar surface area (TPSA) is 9.23 Å². The van der Waals surface area contributed by atoms with Crippen LogP contribution in [-0.4, -0.2) is 10.3 Å². The van der Waals surface area contributed by atoms with E-state index in [1.807, 2.05) is 0 Å². The van der Waals surface area contributed by atoms with Gasteiger partial charge < -0.3 is 4.18 Å². The molecule has 0 aromatic rings. The zero-order valence-corrected chi connectivity index (χ0v) is 14.4. The summed E-state index contributed by atoms with van der Waals surface area (Å²) in [5, 5.41) is 0. The third-order valence-corrected chi connectivity index (χ3v) is 5.24. The SMILES string of the molecule is CC1(C)CCCCCCCCCCCC(C)(C)SO1. The standard InChI is InChI=1S/C17H34OS/c1-16(2)14-12-10-8-6-5-7-9-11-13-15-17(3,4)19-18-16/h5-15H2,1-4H3. The molecular weight excluding hydrogens is 252 g/mol. The highest BCUT2D eigenvalue weighted by molar-refractivity contribution is 7.96. The van der Waals surface area contributed by atoms with Crippen molar-refractivity contribution in [1.29, 1.82) is 0 Å². The molecule has 19 heavy (non-hydrogen) atoms. The van der Waals surface area contributed by atoms with Crippen LogP contribution < -0.4 is 0 Å². The van der Waals surface area contributed by atoms with Crippen molar-refractivity contribution in [2.45, 2.75) is 109 Å². The van der Waals surface area contributed by atoms with Crippen molar-refractivity contribution in [3.05, 3.63) is 0 Å². The fourth-order valence-electron chi connectivity index (χ4n) is 2.65. The van der Waals surface area contributed by atoms with E-state index in [0.717, 1.165) is 0 Å². The normalized spacial score (nSPS) is 27.2. The van der Waals surface area contributed by atoms with Crippen LogP contribution in [0.4, 0.5) is 0 Å². The lowest BCUT2D eigenvalue weighted by Gasteiger charge is -2.30. The minimum Gasteiger partial charge on any atom is -0.309 e. The van der Waals surface area contributed by atoms with E-state index >= 15 is 0 Å². The maximum Gasteiger partial charge on any atom is 0.0773 e. The molecule has 0 unspecified atom stereocenters. The fraction of sp³-hybridized carbons (Fsp3) is 1.00. The van der Waals surface area contributed by atoms with Crippen molar-refractivity contribution in [2.75, 3.05) is 0 Å². The maximum absolute atomic E-state index is 6.14. The van der Waals surface area contributed by atoms with Gasteiger partial charge in [-0.1, -0.05) is 57.8 Å². The van der Waals surface area contributed by atoms with Gasteiger partial charge in [0.05, 0.1) is 5.60 Å². The summed E-state index contributed by atoms with van der Waals surface area (Å²) in [6.07, 6.45) is 15.0. The summed E-state index contributed by atoms with van der Waals surface area (Å²) in [5.74, 6) is 0. The van der Waals surface area contributed by atoms with Gasteiger partial charge in [0.25, 0.3) is 0 Å². The van der Waals surface area contributed by atoms with Gasteiger partial charge in [0, 0.05) is 4.75 Å². The summed E-state index contributed by atoms with van der Waals surface area (Å²) in [6, 6.07) is 0. The molecule has 0 aromatic carbocycles. The van der Waals surface area contributed by atoms with Crippen LogP contribution in [-0.2, 0) is 4.18 Å². The van der Waals surface area contributed by atoms with Gasteiger partial charge in [0.15, 0.2) is 0 Å². The second-order valence-corrected chi connectivity index (χ2v) is 8.81. The minimum absolute atomic E-state index is 0.0299. The molecule has 0 amide bonds. The summed E-state index contributed by atoms with van der Waals surface area (Å²) in [4.78, 5) is 0. The molecule has 1 heterocycles. The Bertz CT molecular complexity index is 211. The molecule has 1 rings (SSSR count). The van der Waals surface area contributed by atoms with E-state index < -0.39 is 0 Å². The summed E-state index contributed by atoms with van der Waals surface area (Å²) < 4.78 is 6.40. The molecule has 2 heteroatoms. The molecule has 1 fully saturated rings. The number of hydrogen-bond donors (Lipinski definition) is 0. The van der Waals surface area contributed by atoms with Crippen molar-refractivity contribution in [3.8, 4) is 0 Å². The summed E-state index contributed by atoms with van der Waals surface area (Å²) in [5.41, 5.74) is 0.0299. The largest absolute Gasteiger partial charge is 0.309 e. The smallest absolute Gasteiger partial charge is 0.0773 e. The van der Waals surface area contributed by atoms with Crippen molar-refractivity contribution in [1.82, 2.24) is 0 Å². The van der Waals surface area contributed by atoms with Crippen LogP contribution in [0, 0.1) is 0 Å². The average molecular weight is 287 g/mol. The van der Waals surface area contributed by atoms with Crippen LogP contribution in [0.5, 0.6) is 0 Å². The Kier molecular flexibility index (Phi) is 7.83. The van der Waals surface area contributed by atoms with Crippen LogP contribution in [0.15, 0.2) is 0 Å². The first-order chi connectivity index (χ1) is 8.91. The van der Waals surface area contributed by atoms with Gasteiger partial charge in [-0.25, -0.2) is 0 Å². The van der Waals surface area contributed by atoms with Crippen molar-refractivity contribution >= 4 is 12.0 Å². The van der Waals surface area contributed by atoms with Crippen molar-refractivity contribution < 1.29 is 4.18 Å². The van der Waals surface area contributed by atoms with Crippen LogP contribution in [0.2, 0.25) is 0 Å². The molecule has 0 saturated carbocycles. The van der Waals surface area contributed by atoms with Gasteiger partial charge in [-0.3, -0.25) is 0 Å². The minimum atomic E-state index is 0.0299. The summed E-state index contributed by atoms with van der Waals surface area (Å²) in [7, 11) is 0. The summed E-state index contributed by atoms with van der Waals surface area (Å²) >= 11 is 1.72. The van der Waals surface area contributed by atoms with E-state index in [2.05, 4.69) is 27.7 Å². The predicted octanol–water partition coefficient (Wildman–Crippen LogP) is 6.51. The first kappa shape index (κ1) is 17.4. The lowest BCUT2D eigenvalue weighted by atomic mass is 9.99. The molecule has 0 aliphatic carbocycles. The molecule has 0 radical (unpaired) electrons. The van der Waals surface area contributed by atoms with Gasteiger partial charge in [-0.05, 0) is 52.6 Å². The molecule has 1 aliphatic heterocycles. The highest BCUT2D eigenvalue weighted by Crippen LogP contribution is 2.36. The third-order valence-electron chi connectivity index (χ3n) is 4.05. The van der Waals surface area contributed by atoms with Crippen LogP contribution >= 0.6 is 12.0 Å². The van der Waals surface area contributed by atoms with E-state index in [1.165, 1.54) is 70.6 Å². The summed E-state index contributed by atoms with van der Waals surface area (Å²) in [6.45, 7) is 9.14. The molecule has 114 valence electrons. The third kappa shape index (κ3) is 8.96. The molecule has 0 aromatic heterocycles. The van der Waals surface area contributed by atoms with Crippen LogP contribution in [0.25, 0.3) is 0 Å². The average Bonchev–Trinajstić information content (AvgIpc) is 2.33. The molecule has 1 aliphatic rings. The van der Waals surface area contributed by atoms with E-state index in [0.29, 0.717) is 0 Å². The van der Waals surface area contributed by atoms with Crippen LogP contribution in [0.3, 0.4) is 0 Å². The maximum atomic E-state index is 6.14. The quantitative estimate of drug-likeness (QED) is 0.469. The zero-order valence-electron chi connectivity index (χ0n) is 13.6. The molecule has 0 bridgehead atoms. The van der Waals surface area contributed by atoms with E-state index in [-0.39, 0.29) is 10.3 Å². The fourth-order valence-corrected chi connectivity index (χ4v) is 3.41. The number of rotatable bonds is 0. The van der Waals surface area contributed by atoms with Crippen molar-refractivity contribution in [2.24, 2.45) is 0 Å². The highest BCUT2D eigenvalue weighted by atomic mass is 32.2. The van der Waals surface area contributed by atoms with Crippen LogP contribution in [0.1, 0.15) is 98.3 Å². The van der Waals surface area contributed by atoms with Gasteiger partial charge >= 0.3 is 0 Å². The second-order valence-electron chi connectivity index (χ2n) is 7.37. The van der Waals surface area contributed by atoms with E-state index in [1.54, 1.807) is 12.0 Å². The van der Waals surface area contributed by atoms with Gasteiger partial charge in [-0.2, -0.15) is 0 Å². The Balaban J connectivity index is 2.43. The molecule has 0 spiro atoms. The predicted molar refractivity (Wildman–Crippen MR) is 87.6 cm³/mol.